The number of nitro groups is 1. The summed E-state index contributed by atoms with van der Waals surface area (Å²) >= 11 is 0. The third-order valence-corrected chi connectivity index (χ3v) is 2.54. The number of benzene rings is 1. The van der Waals surface area contributed by atoms with E-state index in [4.69, 9.17) is 4.52 Å². The molecule has 0 aliphatic rings. The molecule has 1 aromatic heterocycles. The quantitative estimate of drug-likeness (QED) is 0.646. The van der Waals surface area contributed by atoms with Gasteiger partial charge in [0, 0.05) is 12.1 Å². The van der Waals surface area contributed by atoms with E-state index in [0.717, 1.165) is 12.1 Å². The number of amides is 1. The SMILES string of the molecule is Cc1cc(CNC(=O)c2ccc([N+](=O)[O-])cc2O)on1. The standard InChI is InChI=1S/C12H11N3O5/c1-7-4-9(20-14-7)6-13-12(17)10-3-2-8(15(18)19)5-11(10)16/h2-5,16H,6H2,1H3,(H,13,17). The van der Waals surface area contributed by atoms with Crippen molar-refractivity contribution in [3.63, 3.8) is 0 Å². The molecule has 1 heterocycles. The molecule has 1 aromatic carbocycles. The summed E-state index contributed by atoms with van der Waals surface area (Å²) in [6.45, 7) is 1.85. The lowest BCUT2D eigenvalue weighted by atomic mass is 10.1. The van der Waals surface area contributed by atoms with E-state index in [1.165, 1.54) is 6.07 Å². The van der Waals surface area contributed by atoms with Crippen LogP contribution >= 0.6 is 0 Å². The summed E-state index contributed by atoms with van der Waals surface area (Å²) in [6, 6.07) is 4.92. The average Bonchev–Trinajstić information content (AvgIpc) is 2.81. The van der Waals surface area contributed by atoms with Gasteiger partial charge >= 0.3 is 0 Å². The molecule has 0 aliphatic heterocycles. The summed E-state index contributed by atoms with van der Waals surface area (Å²) in [5.74, 6) is -0.547. The van der Waals surface area contributed by atoms with Crippen LogP contribution < -0.4 is 5.32 Å². The smallest absolute Gasteiger partial charge is 0.273 e. The third-order valence-electron chi connectivity index (χ3n) is 2.54. The largest absolute Gasteiger partial charge is 0.507 e. The van der Waals surface area contributed by atoms with Crippen molar-refractivity contribution in [1.82, 2.24) is 10.5 Å². The Morgan fingerprint density at radius 1 is 1.50 bits per heavy atom. The fourth-order valence-corrected chi connectivity index (χ4v) is 1.59. The summed E-state index contributed by atoms with van der Waals surface area (Å²) in [4.78, 5) is 21.7. The van der Waals surface area contributed by atoms with Gasteiger partial charge in [-0.15, -0.1) is 0 Å². The molecule has 1 amide bonds. The molecule has 0 saturated carbocycles. The van der Waals surface area contributed by atoms with Crippen molar-refractivity contribution < 1.29 is 19.3 Å². The van der Waals surface area contributed by atoms with Crippen LogP contribution in [-0.4, -0.2) is 21.1 Å². The second-order valence-electron chi connectivity index (χ2n) is 4.08. The van der Waals surface area contributed by atoms with Gasteiger partial charge in [0.15, 0.2) is 5.76 Å². The van der Waals surface area contributed by atoms with E-state index in [1.54, 1.807) is 13.0 Å². The molecule has 0 bridgehead atoms. The number of aromatic nitrogens is 1. The third kappa shape index (κ3) is 2.91. The maximum absolute atomic E-state index is 11.8. The fourth-order valence-electron chi connectivity index (χ4n) is 1.59. The average molecular weight is 277 g/mol. The van der Waals surface area contributed by atoms with E-state index >= 15 is 0 Å². The Hall–Kier alpha value is -2.90. The van der Waals surface area contributed by atoms with E-state index < -0.39 is 16.6 Å². The number of nitrogens with zero attached hydrogens (tertiary/aromatic N) is 2. The maximum atomic E-state index is 11.8. The molecule has 0 spiro atoms. The molecule has 0 saturated heterocycles. The molecule has 20 heavy (non-hydrogen) atoms. The predicted molar refractivity (Wildman–Crippen MR) is 67.2 cm³/mol. The minimum absolute atomic E-state index is 0.0492. The zero-order valence-electron chi connectivity index (χ0n) is 10.5. The molecular formula is C12H11N3O5. The van der Waals surface area contributed by atoms with Crippen LogP contribution in [0.3, 0.4) is 0 Å². The topological polar surface area (TPSA) is 118 Å². The van der Waals surface area contributed by atoms with E-state index in [2.05, 4.69) is 10.5 Å². The first-order chi connectivity index (χ1) is 9.47. The van der Waals surface area contributed by atoms with Gasteiger partial charge in [-0.05, 0) is 13.0 Å². The Labute approximate surface area is 113 Å². The van der Waals surface area contributed by atoms with Crippen molar-refractivity contribution in [2.45, 2.75) is 13.5 Å². The van der Waals surface area contributed by atoms with Gasteiger partial charge in [0.05, 0.1) is 28.8 Å². The predicted octanol–water partition coefficient (Wildman–Crippen LogP) is 1.53. The number of non-ortho nitro benzene ring substituents is 1. The summed E-state index contributed by atoms with van der Waals surface area (Å²) in [6.07, 6.45) is 0. The Morgan fingerprint density at radius 3 is 2.80 bits per heavy atom. The number of aryl methyl sites for hydroxylation is 1. The van der Waals surface area contributed by atoms with Gasteiger partial charge in [0.25, 0.3) is 11.6 Å². The molecule has 8 nitrogen and oxygen atoms in total. The fraction of sp³-hybridized carbons (Fsp3) is 0.167. The number of aromatic hydroxyl groups is 1. The number of carbonyl (C=O) groups is 1. The molecule has 0 radical (unpaired) electrons. The van der Waals surface area contributed by atoms with Gasteiger partial charge in [-0.3, -0.25) is 14.9 Å². The maximum Gasteiger partial charge on any atom is 0.273 e. The van der Waals surface area contributed by atoms with Crippen LogP contribution in [0.15, 0.2) is 28.8 Å². The molecule has 2 rings (SSSR count). The van der Waals surface area contributed by atoms with Crippen LogP contribution in [0.1, 0.15) is 21.8 Å². The van der Waals surface area contributed by atoms with Gasteiger partial charge in [-0.2, -0.15) is 0 Å². The Bertz CT molecular complexity index is 665. The highest BCUT2D eigenvalue weighted by atomic mass is 16.6. The van der Waals surface area contributed by atoms with Crippen LogP contribution in [0.5, 0.6) is 5.75 Å². The number of carbonyl (C=O) groups excluding carboxylic acids is 1. The summed E-state index contributed by atoms with van der Waals surface area (Å²) in [5, 5.41) is 26.3. The van der Waals surface area contributed by atoms with E-state index in [1.807, 2.05) is 0 Å². The summed E-state index contributed by atoms with van der Waals surface area (Å²) < 4.78 is 4.91. The van der Waals surface area contributed by atoms with Gasteiger partial charge in [0.2, 0.25) is 0 Å². The van der Waals surface area contributed by atoms with E-state index in [0.29, 0.717) is 11.5 Å². The first kappa shape index (κ1) is 13.5. The van der Waals surface area contributed by atoms with Crippen LogP contribution in [0.4, 0.5) is 5.69 Å². The van der Waals surface area contributed by atoms with Crippen LogP contribution in [0, 0.1) is 17.0 Å². The first-order valence-corrected chi connectivity index (χ1v) is 5.65. The second-order valence-corrected chi connectivity index (χ2v) is 4.08. The van der Waals surface area contributed by atoms with Gasteiger partial charge < -0.3 is 14.9 Å². The van der Waals surface area contributed by atoms with Crippen molar-refractivity contribution in [3.8, 4) is 5.75 Å². The minimum Gasteiger partial charge on any atom is -0.507 e. The highest BCUT2D eigenvalue weighted by molar-refractivity contribution is 5.97. The highest BCUT2D eigenvalue weighted by Gasteiger charge is 2.15. The normalized spacial score (nSPS) is 10.2. The van der Waals surface area contributed by atoms with Crippen LogP contribution in [-0.2, 0) is 6.54 Å². The van der Waals surface area contributed by atoms with Crippen molar-refractivity contribution in [2.24, 2.45) is 0 Å². The van der Waals surface area contributed by atoms with Crippen molar-refractivity contribution in [2.75, 3.05) is 0 Å². The van der Waals surface area contributed by atoms with Crippen LogP contribution in [0.2, 0.25) is 0 Å². The molecule has 2 aromatic rings. The van der Waals surface area contributed by atoms with Gasteiger partial charge in [0.1, 0.15) is 5.75 Å². The number of rotatable bonds is 4. The van der Waals surface area contributed by atoms with Gasteiger partial charge in [-0.1, -0.05) is 5.16 Å². The number of nitro benzene ring substituents is 1. The lowest BCUT2D eigenvalue weighted by Gasteiger charge is -2.04. The van der Waals surface area contributed by atoms with Crippen molar-refractivity contribution in [3.05, 3.63) is 51.4 Å². The number of phenols is 1. The molecule has 2 N–H and O–H groups in total. The molecule has 0 fully saturated rings. The molecule has 104 valence electrons. The Kier molecular flexibility index (Phi) is 3.65. The number of nitrogens with one attached hydrogen (secondary N) is 1. The Balaban J connectivity index is 2.07. The molecule has 0 atom stereocenters. The summed E-state index contributed by atoms with van der Waals surface area (Å²) in [7, 11) is 0. The lowest BCUT2D eigenvalue weighted by molar-refractivity contribution is -0.384. The van der Waals surface area contributed by atoms with Crippen molar-refractivity contribution in [1.29, 1.82) is 0 Å². The Morgan fingerprint density at radius 2 is 2.25 bits per heavy atom. The van der Waals surface area contributed by atoms with Gasteiger partial charge in [-0.25, -0.2) is 0 Å². The zero-order chi connectivity index (χ0) is 14.7. The first-order valence-electron chi connectivity index (χ1n) is 5.65. The number of phenolic OH excluding ortho intramolecular Hbond substituents is 1. The second kappa shape index (κ2) is 5.39. The zero-order valence-corrected chi connectivity index (χ0v) is 10.5. The molecule has 0 unspecified atom stereocenters. The minimum atomic E-state index is -0.654. The van der Waals surface area contributed by atoms with E-state index in [-0.39, 0.29) is 17.8 Å². The van der Waals surface area contributed by atoms with Crippen molar-refractivity contribution >= 4 is 11.6 Å². The molecule has 8 heteroatoms. The molecule has 0 aliphatic carbocycles. The van der Waals surface area contributed by atoms with E-state index in [9.17, 15) is 20.0 Å². The summed E-state index contributed by atoms with van der Waals surface area (Å²) in [5.41, 5.74) is 0.351. The number of hydrogen-bond acceptors (Lipinski definition) is 6. The highest BCUT2D eigenvalue weighted by Crippen LogP contribution is 2.23. The van der Waals surface area contributed by atoms with Crippen LogP contribution in [0.25, 0.3) is 0 Å². The molecular weight excluding hydrogens is 266 g/mol. The lowest BCUT2D eigenvalue weighted by Crippen LogP contribution is -2.22. The monoisotopic (exact) mass is 277 g/mol. The number of hydrogen-bond donors (Lipinski definition) is 2.